The van der Waals surface area contributed by atoms with E-state index in [1.807, 2.05) is 30.3 Å². The monoisotopic (exact) mass is 370 g/mol. The summed E-state index contributed by atoms with van der Waals surface area (Å²) < 4.78 is 0. The molecule has 0 spiro atoms. The third-order valence-electron chi connectivity index (χ3n) is 5.26. The Bertz CT molecular complexity index is 846. The van der Waals surface area contributed by atoms with E-state index in [9.17, 15) is 19.5 Å². The van der Waals surface area contributed by atoms with E-state index in [1.165, 1.54) is 4.90 Å². The van der Waals surface area contributed by atoms with Gasteiger partial charge >= 0.3 is 11.8 Å². The van der Waals surface area contributed by atoms with E-state index in [-0.39, 0.29) is 18.1 Å². The summed E-state index contributed by atoms with van der Waals surface area (Å²) in [5, 5.41) is 12.9. The van der Waals surface area contributed by atoms with Crippen molar-refractivity contribution in [1.82, 2.24) is 20.1 Å². The predicted octanol–water partition coefficient (Wildman–Crippen LogP) is 0.0918. The zero-order valence-electron chi connectivity index (χ0n) is 14.9. The fraction of sp³-hybridized carbons (Fsp3) is 0.421. The minimum Gasteiger partial charge on any atom is -0.393 e. The minimum atomic E-state index is -0.637. The zero-order valence-corrected chi connectivity index (χ0v) is 14.9. The molecule has 142 valence electrons. The molecule has 3 N–H and O–H groups in total. The molecule has 0 radical (unpaired) electrons. The quantitative estimate of drug-likeness (QED) is 0.652. The van der Waals surface area contributed by atoms with Gasteiger partial charge in [-0.05, 0) is 25.0 Å². The molecule has 1 aliphatic carbocycles. The van der Waals surface area contributed by atoms with Crippen LogP contribution in [0.2, 0.25) is 0 Å². The molecule has 8 nitrogen and oxygen atoms in total. The molecule has 3 amide bonds. The van der Waals surface area contributed by atoms with Crippen LogP contribution >= 0.6 is 0 Å². The average molecular weight is 370 g/mol. The number of fused-ring (bicyclic) bond motifs is 1. The second-order valence-electron chi connectivity index (χ2n) is 7.15. The van der Waals surface area contributed by atoms with Crippen molar-refractivity contribution < 1.29 is 19.5 Å². The summed E-state index contributed by atoms with van der Waals surface area (Å²) in [7, 11) is 0. The first-order valence-corrected chi connectivity index (χ1v) is 9.16. The summed E-state index contributed by atoms with van der Waals surface area (Å²) in [4.78, 5) is 43.3. The van der Waals surface area contributed by atoms with Gasteiger partial charge < -0.3 is 25.2 Å². The van der Waals surface area contributed by atoms with Crippen LogP contribution in [0.1, 0.15) is 23.3 Å². The van der Waals surface area contributed by atoms with Crippen molar-refractivity contribution in [3.63, 3.8) is 0 Å². The number of para-hydroxylation sites is 1. The van der Waals surface area contributed by atoms with Gasteiger partial charge in [-0.3, -0.25) is 14.4 Å². The summed E-state index contributed by atoms with van der Waals surface area (Å²) in [6, 6.07) is 9.40. The molecule has 0 unspecified atom stereocenters. The maximum atomic E-state index is 12.7. The van der Waals surface area contributed by atoms with E-state index in [2.05, 4.69) is 10.3 Å². The van der Waals surface area contributed by atoms with Gasteiger partial charge in [0.15, 0.2) is 0 Å². The van der Waals surface area contributed by atoms with Crippen LogP contribution in [-0.4, -0.2) is 75.9 Å². The molecule has 1 saturated heterocycles. The lowest BCUT2D eigenvalue weighted by molar-refractivity contribution is -0.147. The average Bonchev–Trinajstić information content (AvgIpc) is 3.10. The van der Waals surface area contributed by atoms with Crippen molar-refractivity contribution in [3.05, 3.63) is 36.0 Å². The maximum absolute atomic E-state index is 12.7. The number of nitrogens with zero attached hydrogens (tertiary/aromatic N) is 2. The Labute approximate surface area is 156 Å². The molecular weight excluding hydrogens is 348 g/mol. The highest BCUT2D eigenvalue weighted by Gasteiger charge is 2.33. The Morgan fingerprint density at radius 1 is 1.04 bits per heavy atom. The lowest BCUT2D eigenvalue weighted by atomic mass is 9.89. The van der Waals surface area contributed by atoms with Gasteiger partial charge in [0.2, 0.25) is 0 Å². The molecule has 1 aliphatic heterocycles. The molecule has 2 aromatic rings. The number of nitrogens with one attached hydrogen (secondary N) is 2. The SMILES string of the molecule is O=C(N[C@H]1C[C@H](O)C1)C(=O)N1CCN(C(=O)c2cc3ccccc3[nH]2)CC1. The van der Waals surface area contributed by atoms with Crippen LogP contribution in [0, 0.1) is 0 Å². The highest BCUT2D eigenvalue weighted by Crippen LogP contribution is 2.19. The Hall–Kier alpha value is -2.87. The number of amides is 3. The zero-order chi connectivity index (χ0) is 19.0. The lowest BCUT2D eigenvalue weighted by Crippen LogP contribution is -2.56. The fourth-order valence-corrected chi connectivity index (χ4v) is 3.57. The van der Waals surface area contributed by atoms with Gasteiger partial charge in [0.05, 0.1) is 6.10 Å². The van der Waals surface area contributed by atoms with Crippen molar-refractivity contribution in [3.8, 4) is 0 Å². The molecular formula is C19H22N4O4. The van der Waals surface area contributed by atoms with E-state index >= 15 is 0 Å². The molecule has 8 heteroatoms. The first-order valence-electron chi connectivity index (χ1n) is 9.16. The molecule has 0 atom stereocenters. The maximum Gasteiger partial charge on any atom is 0.312 e. The molecule has 0 bridgehead atoms. The van der Waals surface area contributed by atoms with Crippen LogP contribution in [0.4, 0.5) is 0 Å². The smallest absolute Gasteiger partial charge is 0.312 e. The van der Waals surface area contributed by atoms with Crippen LogP contribution in [0.15, 0.2) is 30.3 Å². The highest BCUT2D eigenvalue weighted by molar-refractivity contribution is 6.35. The second kappa shape index (κ2) is 7.03. The van der Waals surface area contributed by atoms with Crippen LogP contribution in [0.25, 0.3) is 10.9 Å². The number of carbonyl (C=O) groups excluding carboxylic acids is 3. The largest absolute Gasteiger partial charge is 0.393 e. The van der Waals surface area contributed by atoms with Crippen LogP contribution in [-0.2, 0) is 9.59 Å². The molecule has 1 aromatic carbocycles. The van der Waals surface area contributed by atoms with Crippen LogP contribution in [0.5, 0.6) is 0 Å². The number of aromatic amines is 1. The van der Waals surface area contributed by atoms with E-state index in [0.29, 0.717) is 44.7 Å². The second-order valence-corrected chi connectivity index (χ2v) is 7.15. The standard InChI is InChI=1S/C19H22N4O4/c24-14-10-13(11-14)20-17(25)19(27)23-7-5-22(6-8-23)18(26)16-9-12-3-1-2-4-15(12)21-16/h1-4,9,13-14,21,24H,5-8,10-11H2,(H,20,25)/t13-,14-. The topological polar surface area (TPSA) is 106 Å². The Kier molecular flexibility index (Phi) is 4.57. The number of rotatable bonds is 2. The number of carbonyl (C=O) groups is 3. The van der Waals surface area contributed by atoms with E-state index in [0.717, 1.165) is 10.9 Å². The summed E-state index contributed by atoms with van der Waals surface area (Å²) in [5.41, 5.74) is 1.43. The van der Waals surface area contributed by atoms with Crippen molar-refractivity contribution in [2.75, 3.05) is 26.2 Å². The number of piperazine rings is 1. The molecule has 1 aromatic heterocycles. The Morgan fingerprint density at radius 3 is 2.37 bits per heavy atom. The number of aliphatic hydroxyl groups excluding tert-OH is 1. The molecule has 2 heterocycles. The van der Waals surface area contributed by atoms with Gasteiger partial charge in [-0.1, -0.05) is 18.2 Å². The Balaban J connectivity index is 1.32. The molecule has 2 aliphatic rings. The van der Waals surface area contributed by atoms with Gasteiger partial charge in [-0.2, -0.15) is 0 Å². The third kappa shape index (κ3) is 3.52. The summed E-state index contributed by atoms with van der Waals surface area (Å²) in [5.74, 6) is -1.32. The number of aromatic nitrogens is 1. The summed E-state index contributed by atoms with van der Waals surface area (Å²) >= 11 is 0. The number of hydrogen-bond donors (Lipinski definition) is 3. The number of benzene rings is 1. The number of hydrogen-bond acceptors (Lipinski definition) is 4. The summed E-state index contributed by atoms with van der Waals surface area (Å²) in [6.07, 6.45) is 0.599. The summed E-state index contributed by atoms with van der Waals surface area (Å²) in [6.45, 7) is 1.42. The van der Waals surface area contributed by atoms with Crippen LogP contribution < -0.4 is 5.32 Å². The molecule has 27 heavy (non-hydrogen) atoms. The van der Waals surface area contributed by atoms with Crippen LogP contribution in [0.3, 0.4) is 0 Å². The Morgan fingerprint density at radius 2 is 1.70 bits per heavy atom. The van der Waals surface area contributed by atoms with Gasteiger partial charge in [-0.15, -0.1) is 0 Å². The third-order valence-corrected chi connectivity index (χ3v) is 5.26. The normalized spacial score (nSPS) is 22.4. The fourth-order valence-electron chi connectivity index (χ4n) is 3.57. The van der Waals surface area contributed by atoms with Crippen molar-refractivity contribution >= 4 is 28.6 Å². The van der Waals surface area contributed by atoms with E-state index < -0.39 is 11.8 Å². The first kappa shape index (κ1) is 17.5. The lowest BCUT2D eigenvalue weighted by Gasteiger charge is -2.35. The first-order chi connectivity index (χ1) is 13.0. The highest BCUT2D eigenvalue weighted by atomic mass is 16.3. The van der Waals surface area contributed by atoms with Crippen molar-refractivity contribution in [1.29, 1.82) is 0 Å². The van der Waals surface area contributed by atoms with Gasteiger partial charge in [0.1, 0.15) is 5.69 Å². The van der Waals surface area contributed by atoms with Crippen molar-refractivity contribution in [2.24, 2.45) is 0 Å². The number of H-pyrrole nitrogens is 1. The van der Waals surface area contributed by atoms with Gasteiger partial charge in [0.25, 0.3) is 5.91 Å². The predicted molar refractivity (Wildman–Crippen MR) is 98.0 cm³/mol. The minimum absolute atomic E-state index is 0.105. The van der Waals surface area contributed by atoms with Crippen molar-refractivity contribution in [2.45, 2.75) is 25.0 Å². The number of aliphatic hydroxyl groups is 1. The van der Waals surface area contributed by atoms with Gasteiger partial charge in [-0.25, -0.2) is 0 Å². The molecule has 2 fully saturated rings. The van der Waals surface area contributed by atoms with E-state index in [4.69, 9.17) is 0 Å². The molecule has 1 saturated carbocycles. The van der Waals surface area contributed by atoms with E-state index in [1.54, 1.807) is 4.90 Å². The van der Waals surface area contributed by atoms with Gasteiger partial charge in [0, 0.05) is 43.1 Å². The molecule has 4 rings (SSSR count).